The number of amides is 2. The van der Waals surface area contributed by atoms with E-state index in [0.717, 1.165) is 51.7 Å². The number of likely N-dealkylation sites (tertiary alicyclic amines) is 2. The maximum atomic E-state index is 14.0. The molecule has 2 aromatic carbocycles. The molecular weight excluding hydrogens is 448 g/mol. The Kier molecular flexibility index (Phi) is 7.73. The second-order valence-electron chi connectivity index (χ2n) is 11.2. The average molecular weight is 489 g/mol. The molecule has 5 atom stereocenters. The highest BCUT2D eigenvalue weighted by atomic mass is 16.2. The number of nitrogens with two attached hydrogens (primary N) is 1. The Morgan fingerprint density at radius 1 is 0.944 bits per heavy atom. The molecule has 0 radical (unpaired) electrons. The number of carbonyl (C=O) groups is 2. The molecule has 1 aliphatic carbocycles. The number of benzene rings is 2. The van der Waals surface area contributed by atoms with Crippen LogP contribution in [0, 0.1) is 5.92 Å². The number of rotatable bonds is 9. The lowest BCUT2D eigenvalue weighted by molar-refractivity contribution is -0.138. The molecule has 2 saturated heterocycles. The summed E-state index contributed by atoms with van der Waals surface area (Å²) in [6, 6.07) is 20.4. The first-order valence-corrected chi connectivity index (χ1v) is 13.7. The third-order valence-corrected chi connectivity index (χ3v) is 8.27. The monoisotopic (exact) mass is 488 g/mol. The van der Waals surface area contributed by atoms with Gasteiger partial charge in [0.1, 0.15) is 6.04 Å². The van der Waals surface area contributed by atoms with Gasteiger partial charge in [-0.1, -0.05) is 73.5 Å². The zero-order valence-corrected chi connectivity index (χ0v) is 21.4. The van der Waals surface area contributed by atoms with Crippen LogP contribution in [0.1, 0.15) is 62.0 Å². The lowest BCUT2D eigenvalue weighted by atomic mass is 9.96. The van der Waals surface area contributed by atoms with Gasteiger partial charge in [-0.25, -0.2) is 0 Å². The van der Waals surface area contributed by atoms with Gasteiger partial charge in [0, 0.05) is 31.6 Å². The molecule has 1 unspecified atom stereocenters. The van der Waals surface area contributed by atoms with Crippen LogP contribution in [0.5, 0.6) is 0 Å². The molecule has 5 rings (SSSR count). The van der Waals surface area contributed by atoms with Gasteiger partial charge in [0.2, 0.25) is 11.8 Å². The summed E-state index contributed by atoms with van der Waals surface area (Å²) in [7, 11) is 0. The van der Waals surface area contributed by atoms with Gasteiger partial charge >= 0.3 is 0 Å². The van der Waals surface area contributed by atoms with E-state index in [0.29, 0.717) is 24.3 Å². The molecule has 0 spiro atoms. The number of nitrogens with one attached hydrogen (secondary N) is 1. The van der Waals surface area contributed by atoms with Crippen molar-refractivity contribution in [2.24, 2.45) is 11.7 Å². The smallest absolute Gasteiger partial charge is 0.245 e. The predicted molar refractivity (Wildman–Crippen MR) is 142 cm³/mol. The molecule has 6 nitrogen and oxygen atoms in total. The van der Waals surface area contributed by atoms with Gasteiger partial charge in [0.25, 0.3) is 0 Å². The molecule has 6 heteroatoms. The maximum Gasteiger partial charge on any atom is 0.245 e. The van der Waals surface area contributed by atoms with E-state index in [4.69, 9.17) is 5.73 Å². The Balaban J connectivity index is 1.32. The highest BCUT2D eigenvalue weighted by molar-refractivity contribution is 5.90. The Bertz CT molecular complexity index is 1020. The summed E-state index contributed by atoms with van der Waals surface area (Å²) in [6.45, 7) is 5.36. The largest absolute Gasteiger partial charge is 0.343 e. The van der Waals surface area contributed by atoms with Crippen LogP contribution < -0.4 is 11.1 Å². The first-order valence-electron chi connectivity index (χ1n) is 13.7. The van der Waals surface area contributed by atoms with Crippen LogP contribution in [0.2, 0.25) is 0 Å². The first-order chi connectivity index (χ1) is 17.5. The highest BCUT2D eigenvalue weighted by Gasteiger charge is 2.42. The summed E-state index contributed by atoms with van der Waals surface area (Å²) < 4.78 is 0. The third kappa shape index (κ3) is 5.98. The molecule has 2 heterocycles. The summed E-state index contributed by atoms with van der Waals surface area (Å²) in [5.41, 5.74) is 8.53. The van der Waals surface area contributed by atoms with Gasteiger partial charge in [-0.15, -0.1) is 0 Å². The van der Waals surface area contributed by atoms with Crippen LogP contribution in [-0.2, 0) is 9.59 Å². The summed E-state index contributed by atoms with van der Waals surface area (Å²) >= 11 is 0. The molecule has 36 heavy (non-hydrogen) atoms. The molecule has 2 aliphatic heterocycles. The topological polar surface area (TPSA) is 78.7 Å². The van der Waals surface area contributed by atoms with Crippen molar-refractivity contribution in [3.8, 4) is 0 Å². The Morgan fingerprint density at radius 3 is 2.19 bits per heavy atom. The number of hydrogen-bond acceptors (Lipinski definition) is 4. The van der Waals surface area contributed by atoms with Crippen LogP contribution in [0.3, 0.4) is 0 Å². The maximum absolute atomic E-state index is 14.0. The summed E-state index contributed by atoms with van der Waals surface area (Å²) in [5.74, 6) is 1.23. The molecule has 3 aliphatic rings. The molecule has 2 aromatic rings. The molecule has 2 amide bonds. The van der Waals surface area contributed by atoms with Crippen molar-refractivity contribution >= 4 is 11.8 Å². The molecule has 3 N–H and O–H groups in total. The van der Waals surface area contributed by atoms with Gasteiger partial charge in [-0.05, 0) is 55.7 Å². The van der Waals surface area contributed by atoms with E-state index in [-0.39, 0.29) is 17.9 Å². The molecule has 192 valence electrons. The Hall–Kier alpha value is -2.70. The van der Waals surface area contributed by atoms with Gasteiger partial charge < -0.3 is 20.9 Å². The van der Waals surface area contributed by atoms with E-state index < -0.39 is 12.1 Å². The van der Waals surface area contributed by atoms with E-state index in [9.17, 15) is 9.59 Å². The second-order valence-corrected chi connectivity index (χ2v) is 11.2. The Morgan fingerprint density at radius 2 is 1.58 bits per heavy atom. The number of nitrogens with zero attached hydrogens (tertiary/aromatic N) is 2. The van der Waals surface area contributed by atoms with Crippen LogP contribution in [0.15, 0.2) is 60.7 Å². The zero-order valence-electron chi connectivity index (χ0n) is 21.4. The quantitative estimate of drug-likeness (QED) is 0.566. The zero-order chi connectivity index (χ0) is 25.1. The molecule has 0 bridgehead atoms. The minimum Gasteiger partial charge on any atom is -0.343 e. The molecule has 1 saturated carbocycles. The number of carbonyl (C=O) groups excluding carboxylic acids is 2. The van der Waals surface area contributed by atoms with Gasteiger partial charge in [0.05, 0.1) is 6.04 Å². The van der Waals surface area contributed by atoms with E-state index in [1.807, 2.05) is 6.07 Å². The van der Waals surface area contributed by atoms with Gasteiger partial charge in [-0.3, -0.25) is 9.59 Å². The van der Waals surface area contributed by atoms with Crippen LogP contribution in [0.4, 0.5) is 0 Å². The van der Waals surface area contributed by atoms with Crippen molar-refractivity contribution in [3.63, 3.8) is 0 Å². The van der Waals surface area contributed by atoms with Crippen LogP contribution in [0.25, 0.3) is 0 Å². The van der Waals surface area contributed by atoms with Crippen molar-refractivity contribution in [1.29, 1.82) is 0 Å². The van der Waals surface area contributed by atoms with Crippen LogP contribution in [-0.4, -0.2) is 65.9 Å². The SMILES string of the molecule is C[C@H](N)C(=O)N[C@@H](CC1CC1)C(=O)N1C[C@@H](c2ccccc2)C[C@H]1CN1CCC(c2ccccc2)C1. The molecule has 3 fully saturated rings. The summed E-state index contributed by atoms with van der Waals surface area (Å²) in [4.78, 5) is 31.1. The minimum atomic E-state index is -0.620. The standard InChI is InChI=1S/C30H40N4O2/c1-21(31)29(35)32-28(16-22-12-13-22)30(36)34-19-26(24-10-6-3-7-11-24)17-27(34)20-33-15-14-25(18-33)23-8-4-2-5-9-23/h2-11,21-22,25-28H,12-20,31H2,1H3,(H,32,35)/t21-,25?,26-,27-,28-/m0/s1. The van der Waals surface area contributed by atoms with Crippen LogP contribution >= 0.6 is 0 Å². The van der Waals surface area contributed by atoms with E-state index in [1.165, 1.54) is 11.1 Å². The fourth-order valence-electron chi connectivity index (χ4n) is 6.03. The molecule has 0 aromatic heterocycles. The highest BCUT2D eigenvalue weighted by Crippen LogP contribution is 2.37. The van der Waals surface area contributed by atoms with Crippen molar-refractivity contribution in [2.45, 2.75) is 69.0 Å². The van der Waals surface area contributed by atoms with Crippen molar-refractivity contribution in [2.75, 3.05) is 26.2 Å². The second kappa shape index (κ2) is 11.1. The normalized spacial score (nSPS) is 26.1. The van der Waals surface area contributed by atoms with E-state index in [2.05, 4.69) is 69.7 Å². The fraction of sp³-hybridized carbons (Fsp3) is 0.533. The Labute approximate surface area is 215 Å². The summed E-state index contributed by atoms with van der Waals surface area (Å²) in [5, 5.41) is 2.99. The lowest BCUT2D eigenvalue weighted by Gasteiger charge is -2.32. The van der Waals surface area contributed by atoms with Crippen molar-refractivity contribution in [1.82, 2.24) is 15.1 Å². The van der Waals surface area contributed by atoms with E-state index in [1.54, 1.807) is 6.92 Å². The lowest BCUT2D eigenvalue weighted by Crippen LogP contribution is -2.54. The van der Waals surface area contributed by atoms with E-state index >= 15 is 0 Å². The first kappa shape index (κ1) is 25.0. The molecular formula is C30H40N4O2. The van der Waals surface area contributed by atoms with Crippen molar-refractivity contribution in [3.05, 3.63) is 71.8 Å². The average Bonchev–Trinajstić information content (AvgIpc) is 3.43. The number of hydrogen-bond donors (Lipinski definition) is 2. The third-order valence-electron chi connectivity index (χ3n) is 8.27. The van der Waals surface area contributed by atoms with Gasteiger partial charge in [-0.2, -0.15) is 0 Å². The minimum absolute atomic E-state index is 0.0677. The van der Waals surface area contributed by atoms with Crippen molar-refractivity contribution < 1.29 is 9.59 Å². The fourth-order valence-corrected chi connectivity index (χ4v) is 6.03. The van der Waals surface area contributed by atoms with Gasteiger partial charge in [0.15, 0.2) is 0 Å². The summed E-state index contributed by atoms with van der Waals surface area (Å²) in [6.07, 6.45) is 5.11. The predicted octanol–water partition coefficient (Wildman–Crippen LogP) is 3.49.